The number of fused-ring (bicyclic) bond motifs is 6. The summed E-state index contributed by atoms with van der Waals surface area (Å²) >= 11 is 7.80. The highest BCUT2D eigenvalue weighted by molar-refractivity contribution is 7.32. The van der Waals surface area contributed by atoms with E-state index in [0.29, 0.717) is 0 Å². The largest absolute Gasteiger partial charge is 0.145 e. The lowest BCUT2D eigenvalue weighted by molar-refractivity contribution is 1.79. The molecule has 0 radical (unpaired) electrons. The van der Waals surface area contributed by atoms with Gasteiger partial charge in [-0.1, -0.05) is 39.3 Å². The van der Waals surface area contributed by atoms with Gasteiger partial charge < -0.3 is 0 Å². The van der Waals surface area contributed by atoms with Gasteiger partial charge in [0, 0.05) is 50.1 Å². The third-order valence-corrected chi connectivity index (χ3v) is 17.8. The molecule has 6 aromatic rings. The Labute approximate surface area is 219 Å². The van der Waals surface area contributed by atoms with Crippen LogP contribution in [0.3, 0.4) is 0 Å². The average Bonchev–Trinajstić information content (AvgIpc) is 3.52. The molecule has 0 spiro atoms. The minimum Gasteiger partial charge on any atom is -0.145 e. The maximum absolute atomic E-state index is 2.47. The van der Waals surface area contributed by atoms with Crippen LogP contribution in [0.4, 0.5) is 0 Å². The van der Waals surface area contributed by atoms with Crippen molar-refractivity contribution >= 4 is 123 Å². The van der Waals surface area contributed by atoms with Gasteiger partial charge in [0.1, 0.15) is 0 Å². The minimum atomic E-state index is -1.29. The Kier molecular flexibility index (Phi) is 5.37. The zero-order chi connectivity index (χ0) is 23.8. The van der Waals surface area contributed by atoms with Gasteiger partial charge in [0.05, 0.1) is 16.1 Å². The lowest BCUT2D eigenvalue weighted by Crippen LogP contribution is -2.34. The molecule has 4 aromatic heterocycles. The molecule has 0 fully saturated rings. The zero-order valence-electron chi connectivity index (χ0n) is 20.4. The maximum Gasteiger partial charge on any atom is 0.0904 e. The van der Waals surface area contributed by atoms with Gasteiger partial charge in [0.2, 0.25) is 0 Å². The van der Waals surface area contributed by atoms with E-state index < -0.39 is 16.1 Å². The van der Waals surface area contributed by atoms with Gasteiger partial charge in [0.25, 0.3) is 0 Å². The van der Waals surface area contributed by atoms with E-state index in [2.05, 4.69) is 100.0 Å². The van der Waals surface area contributed by atoms with E-state index in [1.807, 2.05) is 45.3 Å². The van der Waals surface area contributed by atoms with Crippen molar-refractivity contribution in [1.82, 2.24) is 0 Å². The van der Waals surface area contributed by atoms with Crippen LogP contribution in [0.5, 0.6) is 0 Å². The molecule has 0 aliphatic carbocycles. The molecule has 0 N–H and O–H groups in total. The molecule has 0 unspecified atom stereocenters. The van der Waals surface area contributed by atoms with Crippen LogP contribution in [-0.4, -0.2) is 16.1 Å². The molecule has 0 aliphatic rings. The normalized spacial score (nSPS) is 13.5. The van der Waals surface area contributed by atoms with Crippen molar-refractivity contribution in [2.45, 2.75) is 39.3 Å². The lowest BCUT2D eigenvalue weighted by atomic mass is 10.1. The van der Waals surface area contributed by atoms with Crippen LogP contribution in [0.15, 0.2) is 48.5 Å². The molecular weight excluding hydrogens is 521 g/mol. The van der Waals surface area contributed by atoms with Gasteiger partial charge in [-0.3, -0.25) is 0 Å². The molecular formula is C28H28S4Si2. The molecule has 4 heterocycles. The average molecular weight is 549 g/mol. The monoisotopic (exact) mass is 548 g/mol. The van der Waals surface area contributed by atoms with E-state index in [1.165, 1.54) is 50.1 Å². The molecule has 0 amide bonds. The Balaban J connectivity index is 1.38. The Bertz CT molecular complexity index is 1600. The van der Waals surface area contributed by atoms with Gasteiger partial charge >= 0.3 is 0 Å². The van der Waals surface area contributed by atoms with Gasteiger partial charge in [-0.2, -0.15) is 0 Å². The summed E-state index contributed by atoms with van der Waals surface area (Å²) in [6.45, 7) is 14.7. The molecule has 6 heteroatoms. The second-order valence-electron chi connectivity index (χ2n) is 11.1. The highest BCUT2D eigenvalue weighted by Crippen LogP contribution is 2.37. The fraction of sp³-hybridized carbons (Fsp3) is 0.214. The third-order valence-electron chi connectivity index (χ3n) is 6.32. The predicted molar refractivity (Wildman–Crippen MR) is 169 cm³/mol. The molecule has 0 aliphatic heterocycles. The Morgan fingerprint density at radius 2 is 0.794 bits per heavy atom. The van der Waals surface area contributed by atoms with E-state index >= 15 is 0 Å². The first-order chi connectivity index (χ1) is 16.1. The van der Waals surface area contributed by atoms with Crippen molar-refractivity contribution in [3.8, 4) is 0 Å². The third kappa shape index (κ3) is 3.98. The minimum absolute atomic E-state index is 1.29. The van der Waals surface area contributed by atoms with E-state index in [1.54, 1.807) is 9.00 Å². The number of thiophene rings is 4. The molecule has 0 bridgehead atoms. The summed E-state index contributed by atoms with van der Waals surface area (Å²) in [6, 6.07) is 19.0. The molecule has 172 valence electrons. The van der Waals surface area contributed by atoms with Crippen LogP contribution in [0.2, 0.25) is 39.3 Å². The van der Waals surface area contributed by atoms with Crippen LogP contribution in [0.1, 0.15) is 9.75 Å². The first kappa shape index (κ1) is 22.9. The summed E-state index contributed by atoms with van der Waals surface area (Å²) in [5.74, 6) is 0. The van der Waals surface area contributed by atoms with Gasteiger partial charge in [-0.15, -0.1) is 45.3 Å². The van der Waals surface area contributed by atoms with Crippen molar-refractivity contribution < 1.29 is 0 Å². The van der Waals surface area contributed by atoms with Gasteiger partial charge in [-0.25, -0.2) is 0 Å². The summed E-state index contributed by atoms with van der Waals surface area (Å²) in [5.41, 5.74) is 0. The molecule has 0 saturated carbocycles. The number of hydrogen-bond acceptors (Lipinski definition) is 4. The SMILES string of the molecule is C[Si](C)(C)c1cc2c(ccc3sc(/C=C/c4cc5c(ccc6sc([Si](C)(C)C)cc65)s4)cc32)s1. The van der Waals surface area contributed by atoms with E-state index in [4.69, 9.17) is 0 Å². The number of rotatable bonds is 4. The maximum atomic E-state index is 2.47. The summed E-state index contributed by atoms with van der Waals surface area (Å²) in [7, 11) is -2.58. The number of benzene rings is 2. The van der Waals surface area contributed by atoms with E-state index in [0.717, 1.165) is 0 Å². The van der Waals surface area contributed by atoms with Crippen LogP contribution in [0.25, 0.3) is 52.5 Å². The van der Waals surface area contributed by atoms with Crippen molar-refractivity contribution in [3.05, 3.63) is 58.3 Å². The first-order valence-corrected chi connectivity index (χ1v) is 21.9. The fourth-order valence-corrected chi connectivity index (χ4v) is 12.3. The van der Waals surface area contributed by atoms with Crippen LogP contribution < -0.4 is 9.00 Å². The Morgan fingerprint density at radius 3 is 1.15 bits per heavy atom. The van der Waals surface area contributed by atoms with Crippen LogP contribution >= 0.6 is 45.3 Å². The summed E-state index contributed by atoms with van der Waals surface area (Å²) in [6.07, 6.45) is 4.62. The smallest absolute Gasteiger partial charge is 0.0904 e. The zero-order valence-corrected chi connectivity index (χ0v) is 25.7. The van der Waals surface area contributed by atoms with Crippen molar-refractivity contribution in [1.29, 1.82) is 0 Å². The lowest BCUT2D eigenvalue weighted by Gasteiger charge is -2.11. The Morgan fingerprint density at radius 1 is 0.471 bits per heavy atom. The fourth-order valence-electron chi connectivity index (χ4n) is 4.37. The molecule has 0 nitrogen and oxygen atoms in total. The predicted octanol–water partition coefficient (Wildman–Crippen LogP) is 9.81. The molecule has 2 aromatic carbocycles. The summed E-state index contributed by atoms with van der Waals surface area (Å²) < 4.78 is 8.84. The first-order valence-electron chi connectivity index (χ1n) is 11.7. The molecule has 34 heavy (non-hydrogen) atoms. The topological polar surface area (TPSA) is 0 Å². The van der Waals surface area contributed by atoms with Gasteiger partial charge in [-0.05, 0) is 69.7 Å². The molecule has 6 rings (SSSR count). The van der Waals surface area contributed by atoms with E-state index in [9.17, 15) is 0 Å². The second-order valence-corrected chi connectivity index (χ2v) is 26.3. The summed E-state index contributed by atoms with van der Waals surface area (Å²) in [4.78, 5) is 2.67. The number of hydrogen-bond donors (Lipinski definition) is 0. The van der Waals surface area contributed by atoms with Crippen molar-refractivity contribution in [3.63, 3.8) is 0 Å². The molecule has 0 saturated heterocycles. The second kappa shape index (κ2) is 7.98. The quantitative estimate of drug-likeness (QED) is 0.192. The summed E-state index contributed by atoms with van der Waals surface area (Å²) in [5, 5.41) is 5.71. The Hall–Kier alpha value is -1.55. The molecule has 0 atom stereocenters. The highest BCUT2D eigenvalue weighted by Gasteiger charge is 2.21. The standard InChI is InChI=1S/C28H28S4Si2/c1-33(2,3)27-15-21-19-13-17(29-23(19)9-11-25(21)31-27)7-8-18-14-20-22-16-28(34(4,5)6)32-26(22)12-10-24(20)30-18/h7-16H,1-6H3/b8-7+. The van der Waals surface area contributed by atoms with Crippen LogP contribution in [-0.2, 0) is 0 Å². The highest BCUT2D eigenvalue weighted by atomic mass is 32.1. The van der Waals surface area contributed by atoms with Crippen molar-refractivity contribution in [2.75, 3.05) is 0 Å². The van der Waals surface area contributed by atoms with Crippen molar-refractivity contribution in [2.24, 2.45) is 0 Å². The van der Waals surface area contributed by atoms with E-state index in [-0.39, 0.29) is 0 Å². The van der Waals surface area contributed by atoms with Gasteiger partial charge in [0.15, 0.2) is 0 Å². The van der Waals surface area contributed by atoms with Crippen LogP contribution in [0, 0.1) is 0 Å².